The average Bonchev–Trinajstić information content (AvgIpc) is 3.21. The van der Waals surface area contributed by atoms with E-state index in [-0.39, 0.29) is 11.8 Å². The number of aromatic nitrogens is 2. The molecule has 1 aliphatic rings. The maximum atomic E-state index is 12.9. The Balaban J connectivity index is 1.80. The zero-order chi connectivity index (χ0) is 22.1. The van der Waals surface area contributed by atoms with Crippen LogP contribution in [0, 0.1) is 0 Å². The third-order valence-electron chi connectivity index (χ3n) is 4.69. The van der Waals surface area contributed by atoms with Crippen LogP contribution in [0.5, 0.6) is 5.75 Å². The van der Waals surface area contributed by atoms with Crippen LogP contribution in [-0.4, -0.2) is 47.3 Å². The van der Waals surface area contributed by atoms with Gasteiger partial charge >= 0.3 is 0 Å². The van der Waals surface area contributed by atoms with Gasteiger partial charge in [0.1, 0.15) is 11.6 Å². The number of H-pyrrole nitrogens is 1. The molecule has 0 saturated carbocycles. The number of fused-ring (bicyclic) bond motifs is 1. The van der Waals surface area contributed by atoms with Crippen molar-refractivity contribution in [2.24, 2.45) is 0 Å². The summed E-state index contributed by atoms with van der Waals surface area (Å²) in [6, 6.07) is 0. The highest BCUT2D eigenvalue weighted by molar-refractivity contribution is 7.17. The maximum Gasteiger partial charge on any atom is 0.280 e. The Bertz CT molecular complexity index is 929. The minimum atomic E-state index is -0.556. The molecule has 0 saturated heterocycles. The third-order valence-corrected chi connectivity index (χ3v) is 6.15. The van der Waals surface area contributed by atoms with Gasteiger partial charge in [-0.15, -0.1) is 11.3 Å². The summed E-state index contributed by atoms with van der Waals surface area (Å²) >= 11 is 1.36. The molecule has 0 bridgehead atoms. The molecule has 3 rings (SSSR count). The summed E-state index contributed by atoms with van der Waals surface area (Å²) in [7, 11) is 0. The summed E-state index contributed by atoms with van der Waals surface area (Å²) in [5, 5.41) is 9.98. The molecule has 3 heterocycles. The minimum Gasteiger partial charge on any atom is -0.487 e. The molecular weight excluding hydrogens is 406 g/mol. The average molecular weight is 436 g/mol. The summed E-state index contributed by atoms with van der Waals surface area (Å²) in [5.41, 5.74) is 0.586. The van der Waals surface area contributed by atoms with Gasteiger partial charge in [0.15, 0.2) is 17.7 Å². The number of anilines is 1. The van der Waals surface area contributed by atoms with Gasteiger partial charge in [0.05, 0.1) is 35.7 Å². The Morgan fingerprint density at radius 2 is 2.10 bits per heavy atom. The van der Waals surface area contributed by atoms with Gasteiger partial charge in [0, 0.05) is 11.3 Å². The number of carbonyl (C=O) groups excluding carboxylic acids is 2. The smallest absolute Gasteiger partial charge is 0.280 e. The van der Waals surface area contributed by atoms with Crippen LogP contribution in [0.4, 0.5) is 5.00 Å². The van der Waals surface area contributed by atoms with Crippen LogP contribution >= 0.6 is 11.3 Å². The Morgan fingerprint density at radius 3 is 2.77 bits per heavy atom. The zero-order valence-electron chi connectivity index (χ0n) is 18.3. The van der Waals surface area contributed by atoms with Crippen molar-refractivity contribution in [2.45, 2.75) is 65.3 Å². The van der Waals surface area contributed by atoms with Crippen LogP contribution in [0.2, 0.25) is 0 Å². The lowest BCUT2D eigenvalue weighted by molar-refractivity contribution is -0.135. The number of thiophene rings is 1. The van der Waals surface area contributed by atoms with Crippen molar-refractivity contribution in [3.8, 4) is 5.75 Å². The van der Waals surface area contributed by atoms with Crippen LogP contribution in [0.3, 0.4) is 0 Å². The molecule has 0 atom stereocenters. The number of hydrogen-bond donors (Lipinski definition) is 2. The Hall–Kier alpha value is -2.23. The summed E-state index contributed by atoms with van der Waals surface area (Å²) < 4.78 is 17.3. The van der Waals surface area contributed by atoms with Gasteiger partial charge < -0.3 is 19.5 Å². The molecule has 8 nitrogen and oxygen atoms in total. The summed E-state index contributed by atoms with van der Waals surface area (Å²) in [6.45, 7) is 12.5. The van der Waals surface area contributed by atoms with Crippen LogP contribution in [0.1, 0.15) is 72.8 Å². The highest BCUT2D eigenvalue weighted by atomic mass is 32.1. The summed E-state index contributed by atoms with van der Waals surface area (Å²) in [5.74, 6) is -0.116. The third kappa shape index (κ3) is 4.74. The Kier molecular flexibility index (Phi) is 6.35. The molecule has 0 aliphatic carbocycles. The number of aldehydes is 1. The Morgan fingerprint density at radius 1 is 1.37 bits per heavy atom. The van der Waals surface area contributed by atoms with E-state index in [4.69, 9.17) is 14.2 Å². The van der Waals surface area contributed by atoms with E-state index in [1.807, 2.05) is 41.5 Å². The molecule has 0 aromatic carbocycles. The minimum absolute atomic E-state index is 0.102. The van der Waals surface area contributed by atoms with Crippen LogP contribution < -0.4 is 10.1 Å². The van der Waals surface area contributed by atoms with E-state index >= 15 is 0 Å². The molecule has 9 heteroatoms. The SMILES string of the molecule is CC(C)OCCOc1c[nH]nc1C(=O)Nc1sc2c(c1C=O)CC(C)(C)OC2(C)C. The number of rotatable bonds is 8. The second-order valence-corrected chi connectivity index (χ2v) is 9.66. The fraction of sp³-hybridized carbons (Fsp3) is 0.571. The number of hydrogen-bond acceptors (Lipinski definition) is 7. The lowest BCUT2D eigenvalue weighted by Gasteiger charge is -2.41. The van der Waals surface area contributed by atoms with Gasteiger partial charge in [-0.1, -0.05) is 0 Å². The highest BCUT2D eigenvalue weighted by Crippen LogP contribution is 2.47. The van der Waals surface area contributed by atoms with Crippen LogP contribution in [-0.2, 0) is 21.5 Å². The molecule has 0 radical (unpaired) electrons. The summed E-state index contributed by atoms with van der Waals surface area (Å²) in [4.78, 5) is 25.7. The first-order valence-electron chi connectivity index (χ1n) is 9.95. The topological polar surface area (TPSA) is 103 Å². The molecular formula is C21H29N3O5S. The van der Waals surface area contributed by atoms with Crippen molar-refractivity contribution in [1.82, 2.24) is 10.2 Å². The van der Waals surface area contributed by atoms with Gasteiger partial charge in [0.2, 0.25) is 0 Å². The standard InChI is InChI=1S/C21H29N3O5S/c1-12(2)27-7-8-28-15-10-22-24-16(15)18(26)23-19-14(11-25)13-9-20(3,4)29-21(5,6)17(13)30-19/h10-12H,7-9H2,1-6H3,(H,22,24)(H,23,26). The van der Waals surface area contributed by atoms with Crippen molar-refractivity contribution < 1.29 is 23.8 Å². The molecule has 0 unspecified atom stereocenters. The predicted molar refractivity (Wildman–Crippen MR) is 115 cm³/mol. The van der Waals surface area contributed by atoms with Gasteiger partial charge in [-0.25, -0.2) is 0 Å². The second kappa shape index (κ2) is 8.49. The van der Waals surface area contributed by atoms with Gasteiger partial charge in [-0.2, -0.15) is 5.10 Å². The monoisotopic (exact) mass is 435 g/mol. The molecule has 1 aliphatic heterocycles. The van der Waals surface area contributed by atoms with Crippen molar-refractivity contribution in [3.63, 3.8) is 0 Å². The molecule has 0 fully saturated rings. The van der Waals surface area contributed by atoms with E-state index in [1.165, 1.54) is 17.5 Å². The first kappa shape index (κ1) is 22.5. The van der Waals surface area contributed by atoms with Crippen LogP contribution in [0.25, 0.3) is 0 Å². The zero-order valence-corrected chi connectivity index (χ0v) is 19.1. The molecule has 2 aromatic heterocycles. The first-order chi connectivity index (χ1) is 14.0. The second-order valence-electron chi connectivity index (χ2n) is 8.64. The number of amides is 1. The normalized spacial score (nSPS) is 16.9. The number of aromatic amines is 1. The van der Waals surface area contributed by atoms with Crippen molar-refractivity contribution in [3.05, 3.63) is 27.9 Å². The number of ether oxygens (including phenoxy) is 3. The predicted octanol–water partition coefficient (Wildman–Crippen LogP) is 3.93. The van der Waals surface area contributed by atoms with Gasteiger partial charge in [-0.05, 0) is 47.1 Å². The lowest BCUT2D eigenvalue weighted by Crippen LogP contribution is -2.41. The van der Waals surface area contributed by atoms with E-state index in [1.54, 1.807) is 0 Å². The summed E-state index contributed by atoms with van der Waals surface area (Å²) in [6.07, 6.45) is 3.02. The van der Waals surface area contributed by atoms with E-state index in [2.05, 4.69) is 15.5 Å². The molecule has 2 N–H and O–H groups in total. The molecule has 2 aromatic rings. The maximum absolute atomic E-state index is 12.9. The quantitative estimate of drug-likeness (QED) is 0.481. The first-order valence-corrected chi connectivity index (χ1v) is 10.8. The van der Waals surface area contributed by atoms with Crippen molar-refractivity contribution in [2.75, 3.05) is 18.5 Å². The van der Waals surface area contributed by atoms with Gasteiger partial charge in [-0.3, -0.25) is 14.7 Å². The fourth-order valence-electron chi connectivity index (χ4n) is 3.71. The van der Waals surface area contributed by atoms with E-state index in [0.29, 0.717) is 35.9 Å². The van der Waals surface area contributed by atoms with E-state index in [0.717, 1.165) is 16.7 Å². The van der Waals surface area contributed by atoms with Crippen LogP contribution in [0.15, 0.2) is 6.20 Å². The number of carbonyl (C=O) groups is 2. The molecule has 1 amide bonds. The highest BCUT2D eigenvalue weighted by Gasteiger charge is 2.42. The lowest BCUT2D eigenvalue weighted by atomic mass is 9.87. The molecule has 164 valence electrons. The van der Waals surface area contributed by atoms with Gasteiger partial charge in [0.25, 0.3) is 5.91 Å². The molecule has 30 heavy (non-hydrogen) atoms. The fourth-order valence-corrected chi connectivity index (χ4v) is 4.93. The van der Waals surface area contributed by atoms with Crippen molar-refractivity contribution >= 4 is 28.5 Å². The van der Waals surface area contributed by atoms with E-state index < -0.39 is 17.1 Å². The molecule has 0 spiro atoms. The largest absolute Gasteiger partial charge is 0.487 e. The number of nitrogens with zero attached hydrogens (tertiary/aromatic N) is 1. The van der Waals surface area contributed by atoms with E-state index in [9.17, 15) is 9.59 Å². The number of nitrogens with one attached hydrogen (secondary N) is 2. The van der Waals surface area contributed by atoms with Crippen molar-refractivity contribution in [1.29, 1.82) is 0 Å². The Labute approximate surface area is 180 Å².